The number of hydrogen-bond donors (Lipinski definition) is 0. The van der Waals surface area contributed by atoms with Gasteiger partial charge in [-0.1, -0.05) is 12.1 Å². The predicted molar refractivity (Wildman–Crippen MR) is 66.3 cm³/mol. The molecule has 0 amide bonds. The maximum absolute atomic E-state index is 12.0. The fourth-order valence-corrected chi connectivity index (χ4v) is 1.95. The molecule has 0 bridgehead atoms. The molecule has 1 aromatic carbocycles. The van der Waals surface area contributed by atoms with Crippen molar-refractivity contribution in [2.24, 2.45) is 0 Å². The minimum absolute atomic E-state index is 0.0281. The maximum Gasteiger partial charge on any atom is 0.389 e. The zero-order valence-corrected chi connectivity index (χ0v) is 11.2. The molecule has 1 aromatic rings. The van der Waals surface area contributed by atoms with Crippen LogP contribution >= 0.6 is 11.6 Å². The number of alkyl halides is 4. The molecule has 102 valence electrons. The van der Waals surface area contributed by atoms with E-state index in [9.17, 15) is 13.2 Å². The third-order valence-corrected chi connectivity index (χ3v) is 2.83. The summed E-state index contributed by atoms with van der Waals surface area (Å²) in [5, 5.41) is 0. The molecule has 1 nitrogen and oxygen atoms in total. The van der Waals surface area contributed by atoms with Crippen molar-refractivity contribution >= 4 is 11.6 Å². The molecule has 0 aliphatic rings. The molecule has 0 heterocycles. The molecule has 0 N–H and O–H groups in total. The smallest absolute Gasteiger partial charge is 0.389 e. The van der Waals surface area contributed by atoms with Crippen LogP contribution in [-0.2, 0) is 5.88 Å². The van der Waals surface area contributed by atoms with E-state index in [1.807, 2.05) is 26.0 Å². The normalized spacial score (nSPS) is 11.7. The number of hydrogen-bond acceptors (Lipinski definition) is 1. The maximum atomic E-state index is 12.0. The van der Waals surface area contributed by atoms with Crippen molar-refractivity contribution in [1.82, 2.24) is 0 Å². The fraction of sp³-hybridized carbons (Fsp3) is 0.538. The van der Waals surface area contributed by atoms with Crippen LogP contribution in [0.25, 0.3) is 0 Å². The Hall–Kier alpha value is -0.900. The Balaban J connectivity index is 2.57. The molecular formula is C13H16ClF3O. The van der Waals surface area contributed by atoms with Crippen molar-refractivity contribution in [1.29, 1.82) is 0 Å². The van der Waals surface area contributed by atoms with Crippen LogP contribution in [-0.4, -0.2) is 12.8 Å². The Kier molecular flexibility index (Phi) is 5.32. The third-order valence-electron chi connectivity index (χ3n) is 2.53. The third kappa shape index (κ3) is 4.77. The van der Waals surface area contributed by atoms with Crippen LogP contribution in [0.2, 0.25) is 0 Å². The van der Waals surface area contributed by atoms with Crippen molar-refractivity contribution in [3.05, 3.63) is 28.8 Å². The van der Waals surface area contributed by atoms with E-state index in [0.717, 1.165) is 16.7 Å². The summed E-state index contributed by atoms with van der Waals surface area (Å²) in [6, 6.07) is 3.78. The summed E-state index contributed by atoms with van der Waals surface area (Å²) in [5.74, 6) is 1.07. The number of benzene rings is 1. The predicted octanol–water partition coefficient (Wildman–Crippen LogP) is 4.76. The summed E-state index contributed by atoms with van der Waals surface area (Å²) in [5.41, 5.74) is 2.78. The summed E-state index contributed by atoms with van der Waals surface area (Å²) in [6.45, 7) is 3.80. The van der Waals surface area contributed by atoms with Crippen molar-refractivity contribution in [2.45, 2.75) is 38.7 Å². The fourth-order valence-electron chi connectivity index (χ4n) is 1.79. The average Bonchev–Trinajstić information content (AvgIpc) is 2.25. The Morgan fingerprint density at radius 2 is 1.72 bits per heavy atom. The first kappa shape index (κ1) is 15.2. The highest BCUT2D eigenvalue weighted by molar-refractivity contribution is 6.17. The van der Waals surface area contributed by atoms with Gasteiger partial charge < -0.3 is 4.74 Å². The second-order valence-corrected chi connectivity index (χ2v) is 4.53. The lowest BCUT2D eigenvalue weighted by atomic mass is 10.1. The molecule has 0 radical (unpaired) electrons. The minimum atomic E-state index is -4.12. The van der Waals surface area contributed by atoms with Crippen LogP contribution in [0.1, 0.15) is 29.5 Å². The molecule has 0 saturated carbocycles. The van der Waals surface area contributed by atoms with Crippen molar-refractivity contribution in [2.75, 3.05) is 6.61 Å². The van der Waals surface area contributed by atoms with E-state index in [1.54, 1.807) is 0 Å². The SMILES string of the molecule is Cc1cc(CCl)cc(C)c1OCCCC(F)(F)F. The molecule has 1 rings (SSSR count). The lowest BCUT2D eigenvalue weighted by Crippen LogP contribution is -2.10. The van der Waals surface area contributed by atoms with E-state index in [1.165, 1.54) is 0 Å². The number of ether oxygens (including phenoxy) is 1. The highest BCUT2D eigenvalue weighted by Crippen LogP contribution is 2.26. The molecule has 0 saturated heterocycles. The lowest BCUT2D eigenvalue weighted by molar-refractivity contribution is -0.136. The molecular weight excluding hydrogens is 265 g/mol. The Morgan fingerprint density at radius 1 is 1.17 bits per heavy atom. The molecule has 0 spiro atoms. The van der Waals surface area contributed by atoms with Gasteiger partial charge in [-0.15, -0.1) is 11.6 Å². The quantitative estimate of drug-likeness (QED) is 0.558. The molecule has 0 aliphatic heterocycles. The van der Waals surface area contributed by atoms with Gasteiger partial charge >= 0.3 is 6.18 Å². The summed E-state index contributed by atoms with van der Waals surface area (Å²) in [4.78, 5) is 0. The zero-order chi connectivity index (χ0) is 13.8. The van der Waals surface area contributed by atoms with Crippen molar-refractivity contribution in [3.63, 3.8) is 0 Å². The van der Waals surface area contributed by atoms with E-state index in [2.05, 4.69) is 0 Å². The van der Waals surface area contributed by atoms with E-state index in [0.29, 0.717) is 11.6 Å². The molecule has 0 aromatic heterocycles. The Morgan fingerprint density at radius 3 is 2.17 bits per heavy atom. The molecule has 5 heteroatoms. The van der Waals surface area contributed by atoms with Gasteiger partial charge in [0, 0.05) is 12.3 Å². The van der Waals surface area contributed by atoms with Crippen LogP contribution in [0.5, 0.6) is 5.75 Å². The summed E-state index contributed by atoms with van der Waals surface area (Å²) in [6.07, 6.45) is -4.96. The highest BCUT2D eigenvalue weighted by atomic mass is 35.5. The number of rotatable bonds is 5. The van der Waals surface area contributed by atoms with Crippen LogP contribution in [0.15, 0.2) is 12.1 Å². The topological polar surface area (TPSA) is 9.23 Å². The van der Waals surface area contributed by atoms with Crippen molar-refractivity contribution < 1.29 is 17.9 Å². The van der Waals surface area contributed by atoms with Crippen LogP contribution in [0, 0.1) is 13.8 Å². The van der Waals surface area contributed by atoms with Gasteiger partial charge in [-0.05, 0) is 37.0 Å². The minimum Gasteiger partial charge on any atom is -0.493 e. The average molecular weight is 281 g/mol. The molecule has 0 fully saturated rings. The number of aryl methyl sites for hydroxylation is 2. The Labute approximate surface area is 110 Å². The standard InChI is InChI=1S/C13H16ClF3O/c1-9-6-11(8-14)7-10(2)12(9)18-5-3-4-13(15,16)17/h6-7H,3-5,8H2,1-2H3. The summed E-state index contributed by atoms with van der Waals surface area (Å²) < 4.78 is 41.3. The highest BCUT2D eigenvalue weighted by Gasteiger charge is 2.26. The second-order valence-electron chi connectivity index (χ2n) is 4.26. The van der Waals surface area contributed by atoms with Gasteiger partial charge in [0.15, 0.2) is 0 Å². The molecule has 18 heavy (non-hydrogen) atoms. The van der Waals surface area contributed by atoms with Crippen molar-refractivity contribution in [3.8, 4) is 5.75 Å². The van der Waals surface area contributed by atoms with E-state index >= 15 is 0 Å². The van der Waals surface area contributed by atoms with Gasteiger partial charge in [-0.2, -0.15) is 13.2 Å². The van der Waals surface area contributed by atoms with E-state index < -0.39 is 12.6 Å². The van der Waals surface area contributed by atoms with Gasteiger partial charge in [0.2, 0.25) is 0 Å². The van der Waals surface area contributed by atoms with Gasteiger partial charge in [-0.25, -0.2) is 0 Å². The van der Waals surface area contributed by atoms with Gasteiger partial charge in [0.25, 0.3) is 0 Å². The summed E-state index contributed by atoms with van der Waals surface area (Å²) >= 11 is 5.73. The largest absolute Gasteiger partial charge is 0.493 e. The van der Waals surface area contributed by atoms with Crippen LogP contribution in [0.4, 0.5) is 13.2 Å². The summed E-state index contributed by atoms with van der Waals surface area (Å²) in [7, 11) is 0. The van der Waals surface area contributed by atoms with E-state index in [-0.39, 0.29) is 13.0 Å². The van der Waals surface area contributed by atoms with Crippen LogP contribution < -0.4 is 4.74 Å². The lowest BCUT2D eigenvalue weighted by Gasteiger charge is -2.14. The van der Waals surface area contributed by atoms with Gasteiger partial charge in [0.1, 0.15) is 5.75 Å². The monoisotopic (exact) mass is 280 g/mol. The first-order valence-electron chi connectivity index (χ1n) is 5.69. The molecule has 0 unspecified atom stereocenters. The van der Waals surface area contributed by atoms with Gasteiger partial charge in [-0.3, -0.25) is 0 Å². The zero-order valence-electron chi connectivity index (χ0n) is 10.4. The number of halogens is 4. The Bertz CT molecular complexity index is 379. The molecule has 0 aliphatic carbocycles. The molecule has 0 atom stereocenters. The van der Waals surface area contributed by atoms with Gasteiger partial charge in [0.05, 0.1) is 6.61 Å². The van der Waals surface area contributed by atoms with E-state index in [4.69, 9.17) is 16.3 Å². The second kappa shape index (κ2) is 6.32. The van der Waals surface area contributed by atoms with Crippen LogP contribution in [0.3, 0.4) is 0 Å². The first-order valence-corrected chi connectivity index (χ1v) is 6.22. The first-order chi connectivity index (χ1) is 8.33.